The van der Waals surface area contributed by atoms with Gasteiger partial charge in [0.2, 0.25) is 0 Å². The fourth-order valence-electron chi connectivity index (χ4n) is 6.20. The van der Waals surface area contributed by atoms with Crippen LogP contribution in [0.5, 0.6) is 0 Å². The van der Waals surface area contributed by atoms with Gasteiger partial charge in [0.15, 0.2) is 11.6 Å². The summed E-state index contributed by atoms with van der Waals surface area (Å²) in [7, 11) is 0. The normalized spacial score (nSPS) is 26.9. The van der Waals surface area contributed by atoms with Crippen LogP contribution in [0.3, 0.4) is 0 Å². The highest BCUT2D eigenvalue weighted by molar-refractivity contribution is 5.85. The summed E-state index contributed by atoms with van der Waals surface area (Å²) in [5, 5.41) is 1.27. The van der Waals surface area contributed by atoms with Crippen molar-refractivity contribution in [1.82, 2.24) is 0 Å². The molecule has 0 heterocycles. The van der Waals surface area contributed by atoms with Gasteiger partial charge in [-0.2, -0.15) is 0 Å². The predicted molar refractivity (Wildman–Crippen MR) is 123 cm³/mol. The molecule has 162 valence electrons. The third-order valence-electron chi connectivity index (χ3n) is 7.82. The van der Waals surface area contributed by atoms with E-state index in [9.17, 15) is 8.78 Å². The van der Waals surface area contributed by atoms with Crippen LogP contribution in [0.1, 0.15) is 88.7 Å². The molecule has 2 heteroatoms. The molecule has 30 heavy (non-hydrogen) atoms. The summed E-state index contributed by atoms with van der Waals surface area (Å²) >= 11 is 0. The second kappa shape index (κ2) is 9.62. The number of hydrogen-bond donors (Lipinski definition) is 0. The topological polar surface area (TPSA) is 0 Å². The minimum absolute atomic E-state index is 0.452. The molecule has 2 saturated carbocycles. The zero-order valence-electron chi connectivity index (χ0n) is 18.6. The van der Waals surface area contributed by atoms with Crippen molar-refractivity contribution in [2.24, 2.45) is 17.8 Å². The fourth-order valence-corrected chi connectivity index (χ4v) is 6.20. The van der Waals surface area contributed by atoms with Gasteiger partial charge in [0, 0.05) is 5.39 Å². The van der Waals surface area contributed by atoms with Crippen molar-refractivity contribution in [3.8, 4) is 0 Å². The first-order valence-corrected chi connectivity index (χ1v) is 12.1. The fraction of sp³-hybridized carbons (Fsp3) is 0.571. The molecule has 2 aromatic rings. The first kappa shape index (κ1) is 21.5. The quantitative estimate of drug-likeness (QED) is 0.418. The summed E-state index contributed by atoms with van der Waals surface area (Å²) in [6.45, 7) is 4.25. The van der Waals surface area contributed by atoms with Gasteiger partial charge in [-0.25, -0.2) is 8.78 Å². The first-order chi connectivity index (χ1) is 14.6. The average Bonchev–Trinajstić information content (AvgIpc) is 2.77. The Balaban J connectivity index is 1.51. The van der Waals surface area contributed by atoms with E-state index in [1.165, 1.54) is 56.9 Å². The molecule has 0 bridgehead atoms. The molecule has 4 atom stereocenters. The van der Waals surface area contributed by atoms with E-state index in [1.807, 2.05) is 37.3 Å². The minimum atomic E-state index is -0.668. The van der Waals surface area contributed by atoms with Crippen LogP contribution < -0.4 is 0 Å². The summed E-state index contributed by atoms with van der Waals surface area (Å²) in [4.78, 5) is 0. The van der Waals surface area contributed by atoms with Gasteiger partial charge in [-0.3, -0.25) is 0 Å². The monoisotopic (exact) mass is 410 g/mol. The lowest BCUT2D eigenvalue weighted by Crippen LogP contribution is -2.30. The van der Waals surface area contributed by atoms with Gasteiger partial charge in [-0.15, -0.1) is 0 Å². The molecule has 2 aliphatic carbocycles. The zero-order valence-corrected chi connectivity index (χ0v) is 18.6. The summed E-state index contributed by atoms with van der Waals surface area (Å²) in [6.07, 6.45) is 15.8. The number of hydrogen-bond acceptors (Lipinski definition) is 0. The Hall–Kier alpha value is -1.70. The maximum Gasteiger partial charge on any atom is 0.166 e. The number of fused-ring (bicyclic) bond motifs is 2. The lowest BCUT2D eigenvalue weighted by molar-refractivity contribution is 0.114. The number of benzene rings is 2. The van der Waals surface area contributed by atoms with Gasteiger partial charge in [0.05, 0.1) is 0 Å². The zero-order chi connectivity index (χ0) is 21.1. The van der Waals surface area contributed by atoms with Crippen LogP contribution in [0.4, 0.5) is 8.78 Å². The summed E-state index contributed by atoms with van der Waals surface area (Å²) < 4.78 is 29.6. The summed E-state index contributed by atoms with van der Waals surface area (Å²) in [6, 6.07) is 7.96. The van der Waals surface area contributed by atoms with Gasteiger partial charge in [-0.1, -0.05) is 50.5 Å². The van der Waals surface area contributed by atoms with E-state index in [-0.39, 0.29) is 0 Å². The molecule has 0 radical (unpaired) electrons. The Morgan fingerprint density at radius 1 is 0.967 bits per heavy atom. The molecule has 2 fully saturated rings. The Bertz CT molecular complexity index is 897. The molecule has 0 aromatic heterocycles. The molecular formula is C28H36F2. The van der Waals surface area contributed by atoms with E-state index >= 15 is 0 Å². The first-order valence-electron chi connectivity index (χ1n) is 12.1. The van der Waals surface area contributed by atoms with Crippen molar-refractivity contribution in [1.29, 1.82) is 0 Å². The Labute approximate surface area is 180 Å². The minimum Gasteiger partial charge on any atom is -0.203 e. The van der Waals surface area contributed by atoms with Crippen LogP contribution in [0.25, 0.3) is 10.8 Å². The molecular weight excluding hydrogens is 374 g/mol. The molecule has 0 amide bonds. The van der Waals surface area contributed by atoms with Crippen molar-refractivity contribution in [3.63, 3.8) is 0 Å². The third kappa shape index (κ3) is 4.48. The largest absolute Gasteiger partial charge is 0.203 e. The number of allylic oxidation sites excluding steroid dienone is 2. The van der Waals surface area contributed by atoms with Gasteiger partial charge in [-0.05, 0) is 104 Å². The molecule has 2 unspecified atom stereocenters. The van der Waals surface area contributed by atoms with Crippen molar-refractivity contribution in [3.05, 3.63) is 59.2 Å². The molecule has 0 spiro atoms. The Morgan fingerprint density at radius 3 is 2.57 bits per heavy atom. The van der Waals surface area contributed by atoms with Crippen LogP contribution in [0, 0.1) is 29.4 Å². The van der Waals surface area contributed by atoms with Crippen LogP contribution >= 0.6 is 0 Å². The van der Waals surface area contributed by atoms with Gasteiger partial charge < -0.3 is 0 Å². The lowest BCUT2D eigenvalue weighted by Gasteiger charge is -2.42. The van der Waals surface area contributed by atoms with Crippen molar-refractivity contribution < 1.29 is 8.78 Å². The lowest BCUT2D eigenvalue weighted by atomic mass is 9.63. The van der Waals surface area contributed by atoms with Crippen LogP contribution in [-0.2, 0) is 6.42 Å². The smallest absolute Gasteiger partial charge is 0.166 e. The predicted octanol–water partition coefficient (Wildman–Crippen LogP) is 8.73. The second-order valence-corrected chi connectivity index (χ2v) is 9.75. The highest BCUT2D eigenvalue weighted by Gasteiger charge is 2.35. The van der Waals surface area contributed by atoms with Crippen LogP contribution in [0.15, 0.2) is 36.4 Å². The van der Waals surface area contributed by atoms with Crippen molar-refractivity contribution in [2.45, 2.75) is 84.0 Å². The van der Waals surface area contributed by atoms with Gasteiger partial charge in [0.25, 0.3) is 0 Å². The van der Waals surface area contributed by atoms with Crippen molar-refractivity contribution >= 4 is 10.8 Å². The summed E-state index contributed by atoms with van der Waals surface area (Å²) in [5.74, 6) is 1.81. The SMILES string of the molecule is C/C=C/CCc1cc2ccc([C@@H]3CC[C@@H]4CC(CCC)CCC4C3)cc2c(F)c1F. The van der Waals surface area contributed by atoms with Crippen LogP contribution in [0.2, 0.25) is 0 Å². The van der Waals surface area contributed by atoms with Gasteiger partial charge >= 0.3 is 0 Å². The summed E-state index contributed by atoms with van der Waals surface area (Å²) in [5.41, 5.74) is 1.69. The highest BCUT2D eigenvalue weighted by Crippen LogP contribution is 2.48. The molecule has 0 nitrogen and oxygen atoms in total. The molecule has 0 N–H and O–H groups in total. The van der Waals surface area contributed by atoms with E-state index in [4.69, 9.17) is 0 Å². The number of rotatable bonds is 6. The standard InChI is InChI=1S/C28H36F2/c1-3-5-6-8-25-17-24-14-13-23(18-26(24)28(30)27(25)29)22-12-11-20-15-19(7-4-2)9-10-21(20)16-22/h3,5,13-14,17-22H,4,6-12,15-16H2,1-2H3/b5-3+/t19?,20-,21?,22-/m1/s1. The highest BCUT2D eigenvalue weighted by atomic mass is 19.2. The average molecular weight is 411 g/mol. The van der Waals surface area contributed by atoms with E-state index in [2.05, 4.69) is 13.0 Å². The Morgan fingerprint density at radius 2 is 1.77 bits per heavy atom. The second-order valence-electron chi connectivity index (χ2n) is 9.75. The van der Waals surface area contributed by atoms with E-state index in [0.717, 1.165) is 29.6 Å². The number of halogens is 2. The van der Waals surface area contributed by atoms with Crippen molar-refractivity contribution in [2.75, 3.05) is 0 Å². The Kier molecular flexibility index (Phi) is 6.91. The maximum atomic E-state index is 14.9. The molecule has 2 aromatic carbocycles. The van der Waals surface area contributed by atoms with E-state index in [1.54, 1.807) is 0 Å². The molecule has 0 aliphatic heterocycles. The number of aryl methyl sites for hydroxylation is 1. The maximum absolute atomic E-state index is 14.9. The molecule has 2 aliphatic rings. The van der Waals surface area contributed by atoms with Gasteiger partial charge in [0.1, 0.15) is 0 Å². The van der Waals surface area contributed by atoms with Crippen LogP contribution in [-0.4, -0.2) is 0 Å². The molecule has 0 saturated heterocycles. The van der Waals surface area contributed by atoms with E-state index < -0.39 is 11.6 Å². The molecule has 4 rings (SSSR count). The third-order valence-corrected chi connectivity index (χ3v) is 7.82. The van der Waals surface area contributed by atoms with E-state index in [0.29, 0.717) is 23.3 Å².